The second kappa shape index (κ2) is 6.95. The molecule has 0 saturated carbocycles. The van der Waals surface area contributed by atoms with Crippen molar-refractivity contribution < 1.29 is 0 Å². The monoisotopic (exact) mass is 390 g/mol. The predicted octanol–water partition coefficient (Wildman–Crippen LogP) is 6.40. The first-order valence-corrected chi connectivity index (χ1v) is 9.69. The Labute approximate surface area is 170 Å². The molecule has 1 N–H and O–H groups in total. The summed E-state index contributed by atoms with van der Waals surface area (Å²) >= 11 is 6.17. The second-order valence-electron chi connectivity index (χ2n) is 7.97. The van der Waals surface area contributed by atoms with Gasteiger partial charge in [-0.1, -0.05) is 68.8 Å². The molecule has 0 radical (unpaired) electrons. The Morgan fingerprint density at radius 3 is 2.39 bits per heavy atom. The minimum absolute atomic E-state index is 0.0986. The van der Waals surface area contributed by atoms with E-state index in [4.69, 9.17) is 21.7 Å². The topological polar surface area (TPSA) is 42.2 Å². The lowest BCUT2D eigenvalue weighted by atomic mass is 9.92. The van der Waals surface area contributed by atoms with Crippen molar-refractivity contribution in [3.63, 3.8) is 0 Å². The molecule has 0 saturated heterocycles. The highest BCUT2D eigenvalue weighted by atomic mass is 35.5. The molecule has 142 valence electrons. The Morgan fingerprint density at radius 2 is 1.71 bits per heavy atom. The van der Waals surface area contributed by atoms with Crippen LogP contribution in [0.3, 0.4) is 0 Å². The number of halogens is 1. The molecule has 5 heteroatoms. The third-order valence-electron chi connectivity index (χ3n) is 4.69. The minimum Gasteiger partial charge on any atom is -0.340 e. The highest BCUT2D eigenvalue weighted by Gasteiger charge is 2.22. The number of hydrogen-bond donors (Lipinski definition) is 1. The lowest BCUT2D eigenvalue weighted by molar-refractivity contribution is 0.569. The van der Waals surface area contributed by atoms with Gasteiger partial charge in [0.2, 0.25) is 0 Å². The molecule has 0 atom stereocenters. The fraction of sp³-hybridized carbons (Fsp3) is 0.217. The lowest BCUT2D eigenvalue weighted by Gasteiger charge is -2.20. The molecular weight excluding hydrogens is 368 g/mol. The normalized spacial score (nSPS) is 11.8. The number of benzene rings is 2. The molecule has 2 heterocycles. The number of aromatic nitrogens is 3. The van der Waals surface area contributed by atoms with Crippen LogP contribution in [0.4, 0.5) is 11.5 Å². The van der Waals surface area contributed by atoms with Crippen LogP contribution in [0.5, 0.6) is 0 Å². The van der Waals surface area contributed by atoms with Gasteiger partial charge in [0.25, 0.3) is 0 Å². The molecule has 0 bridgehead atoms. The van der Waals surface area contributed by atoms with Crippen molar-refractivity contribution >= 4 is 28.8 Å². The van der Waals surface area contributed by atoms with E-state index in [0.29, 0.717) is 5.02 Å². The number of anilines is 2. The molecule has 28 heavy (non-hydrogen) atoms. The third-order valence-corrected chi connectivity index (χ3v) is 4.93. The van der Waals surface area contributed by atoms with Gasteiger partial charge in [-0.2, -0.15) is 9.61 Å². The summed E-state index contributed by atoms with van der Waals surface area (Å²) in [4.78, 5) is 5.00. The molecule has 2 aromatic carbocycles. The predicted molar refractivity (Wildman–Crippen MR) is 117 cm³/mol. The van der Waals surface area contributed by atoms with Crippen LogP contribution in [0.25, 0.3) is 16.8 Å². The fourth-order valence-electron chi connectivity index (χ4n) is 3.25. The van der Waals surface area contributed by atoms with Crippen LogP contribution in [0.1, 0.15) is 32.2 Å². The molecule has 0 fully saturated rings. The van der Waals surface area contributed by atoms with Crippen molar-refractivity contribution in [3.05, 3.63) is 77.1 Å². The van der Waals surface area contributed by atoms with Gasteiger partial charge in [0.05, 0.1) is 11.4 Å². The van der Waals surface area contributed by atoms with Gasteiger partial charge in [0.15, 0.2) is 5.65 Å². The quantitative estimate of drug-likeness (QED) is 0.440. The Balaban J connectivity index is 1.96. The average molecular weight is 391 g/mol. The summed E-state index contributed by atoms with van der Waals surface area (Å²) in [5.41, 5.74) is 5.78. The van der Waals surface area contributed by atoms with Crippen molar-refractivity contribution in [2.24, 2.45) is 0 Å². The first-order chi connectivity index (χ1) is 13.3. The maximum Gasteiger partial charge on any atom is 0.165 e. The van der Waals surface area contributed by atoms with Gasteiger partial charge < -0.3 is 5.32 Å². The lowest BCUT2D eigenvalue weighted by Crippen LogP contribution is -2.16. The molecule has 4 rings (SSSR count). The van der Waals surface area contributed by atoms with Crippen LogP contribution in [-0.2, 0) is 5.41 Å². The SMILES string of the molecule is Cc1nn2c(Nc3cccc(Cl)c3)cc(C(C)(C)C)nc2c1-c1ccccc1. The fourth-order valence-corrected chi connectivity index (χ4v) is 3.44. The molecule has 0 aliphatic rings. The van der Waals surface area contributed by atoms with E-state index in [-0.39, 0.29) is 5.41 Å². The molecule has 4 aromatic rings. The summed E-state index contributed by atoms with van der Waals surface area (Å²) in [6, 6.07) is 20.0. The van der Waals surface area contributed by atoms with Crippen molar-refractivity contribution in [1.82, 2.24) is 14.6 Å². The number of aryl methyl sites for hydroxylation is 1. The van der Waals surface area contributed by atoms with Gasteiger partial charge in [-0.05, 0) is 30.7 Å². The molecule has 0 aliphatic heterocycles. The molecule has 0 aliphatic carbocycles. The summed E-state index contributed by atoms with van der Waals surface area (Å²) in [5.74, 6) is 0.863. The number of nitrogens with zero attached hydrogens (tertiary/aromatic N) is 3. The highest BCUT2D eigenvalue weighted by Crippen LogP contribution is 2.33. The molecule has 0 unspecified atom stereocenters. The van der Waals surface area contributed by atoms with E-state index in [0.717, 1.165) is 39.7 Å². The number of nitrogens with one attached hydrogen (secondary N) is 1. The minimum atomic E-state index is -0.0986. The van der Waals surface area contributed by atoms with E-state index < -0.39 is 0 Å². The molecule has 0 amide bonds. The van der Waals surface area contributed by atoms with Crippen LogP contribution in [-0.4, -0.2) is 14.6 Å². The maximum absolute atomic E-state index is 6.17. The van der Waals surface area contributed by atoms with Crippen LogP contribution in [0, 0.1) is 6.92 Å². The van der Waals surface area contributed by atoms with E-state index >= 15 is 0 Å². The van der Waals surface area contributed by atoms with Gasteiger partial charge in [-0.3, -0.25) is 0 Å². The van der Waals surface area contributed by atoms with Crippen molar-refractivity contribution in [2.75, 3.05) is 5.32 Å². The molecule has 2 aromatic heterocycles. The summed E-state index contributed by atoms with van der Waals surface area (Å²) in [7, 11) is 0. The Kier molecular flexibility index (Phi) is 4.60. The van der Waals surface area contributed by atoms with Gasteiger partial charge in [-0.15, -0.1) is 0 Å². The van der Waals surface area contributed by atoms with Crippen molar-refractivity contribution in [3.8, 4) is 11.1 Å². The Morgan fingerprint density at radius 1 is 0.964 bits per heavy atom. The first-order valence-electron chi connectivity index (χ1n) is 9.32. The molecular formula is C23H23ClN4. The molecule has 4 nitrogen and oxygen atoms in total. The van der Waals surface area contributed by atoms with Crippen molar-refractivity contribution in [2.45, 2.75) is 33.1 Å². The first kappa shape index (κ1) is 18.5. The van der Waals surface area contributed by atoms with Crippen LogP contribution >= 0.6 is 11.6 Å². The standard InChI is InChI=1S/C23H23ClN4/c1-15-21(16-9-6-5-7-10-16)22-26-19(23(2,3)4)14-20(28(22)27-15)25-18-12-8-11-17(24)13-18/h5-14,25H,1-4H3. The number of fused-ring (bicyclic) bond motifs is 1. The van der Waals surface area contributed by atoms with E-state index in [9.17, 15) is 0 Å². The largest absolute Gasteiger partial charge is 0.340 e. The highest BCUT2D eigenvalue weighted by molar-refractivity contribution is 6.30. The number of rotatable bonds is 3. The van der Waals surface area contributed by atoms with Crippen LogP contribution in [0.15, 0.2) is 60.7 Å². The molecule has 0 spiro atoms. The van der Waals surface area contributed by atoms with E-state index in [1.54, 1.807) is 0 Å². The average Bonchev–Trinajstić information content (AvgIpc) is 2.98. The number of hydrogen-bond acceptors (Lipinski definition) is 3. The van der Waals surface area contributed by atoms with Gasteiger partial charge in [0, 0.05) is 27.8 Å². The summed E-state index contributed by atoms with van der Waals surface area (Å²) in [6.07, 6.45) is 0. The van der Waals surface area contributed by atoms with Crippen LogP contribution < -0.4 is 5.32 Å². The van der Waals surface area contributed by atoms with Gasteiger partial charge in [0.1, 0.15) is 5.82 Å². The Hall–Kier alpha value is -2.85. The third kappa shape index (κ3) is 3.48. The Bertz CT molecular complexity index is 1140. The van der Waals surface area contributed by atoms with Crippen LogP contribution in [0.2, 0.25) is 5.02 Å². The maximum atomic E-state index is 6.17. The second-order valence-corrected chi connectivity index (χ2v) is 8.41. The van der Waals surface area contributed by atoms with Crippen molar-refractivity contribution in [1.29, 1.82) is 0 Å². The van der Waals surface area contributed by atoms with E-state index in [2.05, 4.69) is 44.3 Å². The van der Waals surface area contributed by atoms with E-state index in [1.807, 2.05) is 53.9 Å². The smallest absolute Gasteiger partial charge is 0.165 e. The zero-order chi connectivity index (χ0) is 19.9. The summed E-state index contributed by atoms with van der Waals surface area (Å²) in [6.45, 7) is 8.53. The van der Waals surface area contributed by atoms with Gasteiger partial charge in [-0.25, -0.2) is 4.98 Å². The summed E-state index contributed by atoms with van der Waals surface area (Å²) < 4.78 is 1.88. The van der Waals surface area contributed by atoms with Gasteiger partial charge >= 0.3 is 0 Å². The zero-order valence-electron chi connectivity index (χ0n) is 16.5. The van der Waals surface area contributed by atoms with E-state index in [1.165, 1.54) is 0 Å². The zero-order valence-corrected chi connectivity index (χ0v) is 17.2. The summed E-state index contributed by atoms with van der Waals surface area (Å²) in [5, 5.41) is 8.95.